The predicted molar refractivity (Wildman–Crippen MR) is 59.9 cm³/mol. The lowest BCUT2D eigenvalue weighted by Gasteiger charge is -2.23. The molecule has 1 aromatic rings. The maximum Gasteiger partial charge on any atom is 0.215 e. The molecule has 1 atom stereocenters. The average Bonchev–Trinajstić information content (AvgIpc) is 2.53. The summed E-state index contributed by atoms with van der Waals surface area (Å²) in [5.41, 5.74) is 14.4. The van der Waals surface area contributed by atoms with Crippen LogP contribution in [0.5, 0.6) is 0 Å². The molecule has 2 rings (SSSR count). The van der Waals surface area contributed by atoms with Crippen LogP contribution in [0.3, 0.4) is 0 Å². The highest BCUT2D eigenvalue weighted by Gasteiger charge is 2.35. The third kappa shape index (κ3) is 0.997. The number of fused-ring (bicyclic) bond motifs is 1. The molecule has 0 fully saturated rings. The van der Waals surface area contributed by atoms with Crippen molar-refractivity contribution in [2.75, 3.05) is 18.0 Å². The summed E-state index contributed by atoms with van der Waals surface area (Å²) in [5, 5.41) is 0. The van der Waals surface area contributed by atoms with Gasteiger partial charge in [0.2, 0.25) is 12.0 Å². The molecule has 5 heteroatoms. The molecule has 0 saturated heterocycles. The maximum absolute atomic E-state index is 6.09. The van der Waals surface area contributed by atoms with Gasteiger partial charge in [0.15, 0.2) is 5.69 Å². The van der Waals surface area contributed by atoms with Gasteiger partial charge in [0.25, 0.3) is 0 Å². The number of hydrogen-bond acceptors (Lipinski definition) is 4. The van der Waals surface area contributed by atoms with E-state index in [-0.39, 0.29) is 4.59 Å². The number of rotatable bonds is 1. The van der Waals surface area contributed by atoms with Crippen molar-refractivity contribution in [3.8, 4) is 0 Å². The Kier molecular flexibility index (Phi) is 1.73. The van der Waals surface area contributed by atoms with E-state index in [1.54, 1.807) is 18.5 Å². The molecule has 0 aliphatic carbocycles. The Bertz CT molecular complexity index is 412. The first-order valence-corrected chi connectivity index (χ1v) is 4.48. The molecule has 1 aromatic carbocycles. The molecule has 74 valence electrons. The fourth-order valence-corrected chi connectivity index (χ4v) is 1.64. The first-order valence-electron chi connectivity index (χ1n) is 4.48. The Hall–Kier alpha value is -1.59. The van der Waals surface area contributed by atoms with Gasteiger partial charge in [-0.05, 0) is 19.1 Å². The molecule has 1 unspecified atom stereocenters. The smallest absolute Gasteiger partial charge is 0.215 e. The van der Waals surface area contributed by atoms with Crippen LogP contribution in [0.4, 0.5) is 22.7 Å². The van der Waals surface area contributed by atoms with Crippen molar-refractivity contribution in [3.63, 3.8) is 0 Å². The Balaban J connectivity index is 2.70. The van der Waals surface area contributed by atoms with Crippen LogP contribution < -0.4 is 21.9 Å². The first-order chi connectivity index (χ1) is 6.58. The molecule has 0 amide bonds. The highest BCUT2D eigenvalue weighted by atomic mass is 15.6. The van der Waals surface area contributed by atoms with Gasteiger partial charge in [-0.25, -0.2) is 0 Å². The summed E-state index contributed by atoms with van der Waals surface area (Å²) in [7, 11) is 0. The van der Waals surface area contributed by atoms with E-state index >= 15 is 0 Å². The number of benzene rings is 1. The van der Waals surface area contributed by atoms with Crippen molar-refractivity contribution in [2.45, 2.75) is 6.92 Å². The summed E-state index contributed by atoms with van der Waals surface area (Å²) in [6, 6.07) is 3.51. The molecular formula is C9H14N5+. The van der Waals surface area contributed by atoms with Gasteiger partial charge in [-0.15, -0.1) is 0 Å². The van der Waals surface area contributed by atoms with Crippen molar-refractivity contribution in [1.29, 1.82) is 0 Å². The standard InChI is InChI=1S/C9H14N5/c1-2-14(12)5-13-8-6(10)3-4-7(11)9(8)14/h3-5H,2,10-12H2,1H3/q+1. The summed E-state index contributed by atoms with van der Waals surface area (Å²) in [6.07, 6.45) is 1.66. The van der Waals surface area contributed by atoms with E-state index in [4.69, 9.17) is 17.3 Å². The second-order valence-corrected chi connectivity index (χ2v) is 3.43. The third-order valence-corrected chi connectivity index (χ3v) is 2.55. The number of nitrogen functional groups attached to an aromatic ring is 2. The Morgan fingerprint density at radius 2 is 1.93 bits per heavy atom. The molecular weight excluding hydrogens is 178 g/mol. The Labute approximate surface area is 82.4 Å². The van der Waals surface area contributed by atoms with Crippen molar-refractivity contribution in [3.05, 3.63) is 12.1 Å². The zero-order valence-electron chi connectivity index (χ0n) is 8.07. The van der Waals surface area contributed by atoms with Gasteiger partial charge < -0.3 is 11.5 Å². The van der Waals surface area contributed by atoms with Crippen molar-refractivity contribution in [2.24, 2.45) is 10.8 Å². The number of nitrogens with two attached hydrogens (primary N) is 3. The van der Waals surface area contributed by atoms with Crippen molar-refractivity contribution >= 4 is 29.1 Å². The quantitative estimate of drug-likeness (QED) is 0.348. The van der Waals surface area contributed by atoms with Gasteiger partial charge in [0.1, 0.15) is 6.54 Å². The normalized spacial score (nSPS) is 23.9. The average molecular weight is 192 g/mol. The fourth-order valence-electron chi connectivity index (χ4n) is 1.64. The highest BCUT2D eigenvalue weighted by Crippen LogP contribution is 2.44. The molecule has 5 nitrogen and oxygen atoms in total. The van der Waals surface area contributed by atoms with Crippen LogP contribution in [0.25, 0.3) is 0 Å². The number of nitrogens with zero attached hydrogens (tertiary/aromatic N) is 2. The third-order valence-electron chi connectivity index (χ3n) is 2.55. The van der Waals surface area contributed by atoms with E-state index in [9.17, 15) is 0 Å². The zero-order valence-corrected chi connectivity index (χ0v) is 8.07. The fraction of sp³-hybridized carbons (Fsp3) is 0.222. The second kappa shape index (κ2) is 2.70. The summed E-state index contributed by atoms with van der Waals surface area (Å²) >= 11 is 0. The zero-order chi connectivity index (χ0) is 10.3. The van der Waals surface area contributed by atoms with E-state index in [2.05, 4.69) is 4.99 Å². The van der Waals surface area contributed by atoms with Crippen LogP contribution in [0.15, 0.2) is 17.1 Å². The molecule has 1 aliphatic rings. The van der Waals surface area contributed by atoms with E-state index in [1.807, 2.05) is 6.92 Å². The van der Waals surface area contributed by atoms with Crippen LogP contribution in [-0.2, 0) is 0 Å². The molecule has 0 spiro atoms. The lowest BCUT2D eigenvalue weighted by molar-refractivity contribution is 0.475. The lowest BCUT2D eigenvalue weighted by atomic mass is 10.2. The minimum atomic E-state index is 0.131. The summed E-state index contributed by atoms with van der Waals surface area (Å²) in [4.78, 5) is 4.20. The Morgan fingerprint density at radius 3 is 2.57 bits per heavy atom. The molecule has 0 aromatic heterocycles. The SMILES string of the molecule is CC[N+]1(N)C=Nc2c(N)ccc(N)c21. The van der Waals surface area contributed by atoms with Crippen LogP contribution >= 0.6 is 0 Å². The van der Waals surface area contributed by atoms with Gasteiger partial charge in [0.05, 0.1) is 11.4 Å². The molecule has 0 radical (unpaired) electrons. The Morgan fingerprint density at radius 1 is 1.29 bits per heavy atom. The molecule has 0 saturated carbocycles. The van der Waals surface area contributed by atoms with Crippen molar-refractivity contribution in [1.82, 2.24) is 4.59 Å². The molecule has 6 N–H and O–H groups in total. The minimum absolute atomic E-state index is 0.131. The number of quaternary nitrogens is 1. The van der Waals surface area contributed by atoms with Crippen LogP contribution in [0.1, 0.15) is 6.92 Å². The minimum Gasteiger partial charge on any atom is -0.397 e. The lowest BCUT2D eigenvalue weighted by Crippen LogP contribution is -2.53. The first kappa shape index (κ1) is 8.98. The predicted octanol–water partition coefficient (Wildman–Crippen LogP) is 0.725. The van der Waals surface area contributed by atoms with Gasteiger partial charge in [-0.3, -0.25) is 0 Å². The van der Waals surface area contributed by atoms with Crippen LogP contribution in [0.2, 0.25) is 0 Å². The number of hydrogen-bond donors (Lipinski definition) is 3. The highest BCUT2D eigenvalue weighted by molar-refractivity contribution is 5.98. The second-order valence-electron chi connectivity index (χ2n) is 3.43. The molecule has 14 heavy (non-hydrogen) atoms. The topological polar surface area (TPSA) is 90.4 Å². The van der Waals surface area contributed by atoms with Gasteiger partial charge in [0, 0.05) is 0 Å². The van der Waals surface area contributed by atoms with Crippen LogP contribution in [0, 0.1) is 0 Å². The van der Waals surface area contributed by atoms with E-state index in [0.29, 0.717) is 23.6 Å². The van der Waals surface area contributed by atoms with Gasteiger partial charge >= 0.3 is 0 Å². The summed E-state index contributed by atoms with van der Waals surface area (Å²) < 4.78 is 0.131. The largest absolute Gasteiger partial charge is 0.397 e. The maximum atomic E-state index is 6.09. The summed E-state index contributed by atoms with van der Waals surface area (Å²) in [6.45, 7) is 2.67. The monoisotopic (exact) mass is 192 g/mol. The van der Waals surface area contributed by atoms with Crippen LogP contribution in [-0.4, -0.2) is 12.9 Å². The number of anilines is 2. The number of aliphatic imine (C=N–C) groups is 1. The molecule has 1 heterocycles. The summed E-state index contributed by atoms with van der Waals surface area (Å²) in [5.74, 6) is 6.09. The van der Waals surface area contributed by atoms with Gasteiger partial charge in [-0.2, -0.15) is 15.4 Å². The van der Waals surface area contributed by atoms with E-state index in [1.165, 1.54) is 0 Å². The van der Waals surface area contributed by atoms with E-state index in [0.717, 1.165) is 5.69 Å². The van der Waals surface area contributed by atoms with Gasteiger partial charge in [-0.1, -0.05) is 0 Å². The van der Waals surface area contributed by atoms with Crippen molar-refractivity contribution < 1.29 is 0 Å². The van der Waals surface area contributed by atoms with E-state index < -0.39 is 0 Å². The molecule has 1 aliphatic heterocycles. The molecule has 0 bridgehead atoms.